The number of carbonyl (C=O) groups is 1. The molecule has 1 saturated heterocycles. The van der Waals surface area contributed by atoms with Crippen LogP contribution in [0.2, 0.25) is 0 Å². The first-order valence-electron chi connectivity index (χ1n) is 6.42. The Morgan fingerprint density at radius 1 is 1.32 bits per heavy atom. The second kappa shape index (κ2) is 5.93. The second-order valence-corrected chi connectivity index (χ2v) is 4.87. The summed E-state index contributed by atoms with van der Waals surface area (Å²) < 4.78 is 5.38. The van der Waals surface area contributed by atoms with Gasteiger partial charge in [0.1, 0.15) is 5.75 Å². The molecule has 1 heterocycles. The van der Waals surface area contributed by atoms with Gasteiger partial charge in [-0.05, 0) is 24.7 Å². The van der Waals surface area contributed by atoms with Crippen molar-refractivity contribution in [1.82, 2.24) is 4.90 Å². The molecule has 2 rings (SSSR count). The first kappa shape index (κ1) is 13.7. The van der Waals surface area contributed by atoms with Gasteiger partial charge in [0.05, 0.1) is 19.2 Å². The van der Waals surface area contributed by atoms with E-state index >= 15 is 0 Å². The Kier molecular flexibility index (Phi) is 4.27. The number of likely N-dealkylation sites (N-methyl/N-ethyl adjacent to an activating group) is 1. The van der Waals surface area contributed by atoms with E-state index in [9.17, 15) is 4.79 Å². The SMILES string of the molecule is COc1ccc(CC(=O)O)cc1N1CCN(C)CC1. The van der Waals surface area contributed by atoms with E-state index in [4.69, 9.17) is 9.84 Å². The lowest BCUT2D eigenvalue weighted by Crippen LogP contribution is -2.44. The Bertz CT molecular complexity index is 454. The first-order chi connectivity index (χ1) is 9.10. The molecule has 1 aliphatic rings. The van der Waals surface area contributed by atoms with Crippen LogP contribution in [-0.2, 0) is 11.2 Å². The zero-order chi connectivity index (χ0) is 13.8. The van der Waals surface area contributed by atoms with E-state index in [1.807, 2.05) is 18.2 Å². The van der Waals surface area contributed by atoms with Gasteiger partial charge in [-0.25, -0.2) is 0 Å². The van der Waals surface area contributed by atoms with Gasteiger partial charge in [0, 0.05) is 26.2 Å². The van der Waals surface area contributed by atoms with Crippen LogP contribution < -0.4 is 9.64 Å². The van der Waals surface area contributed by atoms with Crippen LogP contribution in [0.1, 0.15) is 5.56 Å². The molecule has 0 aromatic heterocycles. The summed E-state index contributed by atoms with van der Waals surface area (Å²) in [7, 11) is 3.75. The number of ether oxygens (including phenoxy) is 1. The standard InChI is InChI=1S/C14H20N2O3/c1-15-5-7-16(8-6-15)12-9-11(10-14(17)18)3-4-13(12)19-2/h3-4,9H,5-8,10H2,1-2H3,(H,17,18). The molecule has 0 spiro atoms. The highest BCUT2D eigenvalue weighted by Gasteiger charge is 2.18. The Balaban J connectivity index is 2.23. The van der Waals surface area contributed by atoms with Gasteiger partial charge in [0.15, 0.2) is 0 Å². The van der Waals surface area contributed by atoms with Crippen molar-refractivity contribution in [2.75, 3.05) is 45.2 Å². The predicted octanol–water partition coefficient (Wildman–Crippen LogP) is 1.07. The molecule has 5 heteroatoms. The van der Waals surface area contributed by atoms with Crippen LogP contribution in [0.5, 0.6) is 5.75 Å². The van der Waals surface area contributed by atoms with Gasteiger partial charge >= 0.3 is 5.97 Å². The molecule has 1 aromatic rings. The topological polar surface area (TPSA) is 53.0 Å². The summed E-state index contributed by atoms with van der Waals surface area (Å²) >= 11 is 0. The fraction of sp³-hybridized carbons (Fsp3) is 0.500. The van der Waals surface area contributed by atoms with Crippen molar-refractivity contribution in [1.29, 1.82) is 0 Å². The molecule has 1 aromatic carbocycles. The van der Waals surface area contributed by atoms with Gasteiger partial charge in [-0.1, -0.05) is 6.07 Å². The molecule has 1 aliphatic heterocycles. The molecule has 0 bridgehead atoms. The van der Waals surface area contributed by atoms with E-state index in [0.717, 1.165) is 43.2 Å². The average Bonchev–Trinajstić information content (AvgIpc) is 2.39. The molecule has 19 heavy (non-hydrogen) atoms. The van der Waals surface area contributed by atoms with Crippen molar-refractivity contribution in [3.8, 4) is 5.75 Å². The number of methoxy groups -OCH3 is 1. The fourth-order valence-corrected chi connectivity index (χ4v) is 2.31. The Hall–Kier alpha value is -1.75. The van der Waals surface area contributed by atoms with Gasteiger partial charge in [-0.2, -0.15) is 0 Å². The lowest BCUT2D eigenvalue weighted by Gasteiger charge is -2.34. The molecule has 5 nitrogen and oxygen atoms in total. The van der Waals surface area contributed by atoms with Crippen LogP contribution in [0.25, 0.3) is 0 Å². The van der Waals surface area contributed by atoms with Crippen molar-refractivity contribution in [2.24, 2.45) is 0 Å². The molecule has 0 atom stereocenters. The van der Waals surface area contributed by atoms with Crippen LogP contribution >= 0.6 is 0 Å². The first-order valence-corrected chi connectivity index (χ1v) is 6.42. The molecule has 0 aliphatic carbocycles. The third kappa shape index (κ3) is 3.38. The maximum absolute atomic E-state index is 10.8. The Morgan fingerprint density at radius 3 is 2.58 bits per heavy atom. The molecule has 1 N–H and O–H groups in total. The summed E-state index contributed by atoms with van der Waals surface area (Å²) in [6.07, 6.45) is 0.0464. The van der Waals surface area contributed by atoms with Gasteiger partial charge < -0.3 is 19.6 Å². The number of hydrogen-bond acceptors (Lipinski definition) is 4. The minimum absolute atomic E-state index is 0.0464. The zero-order valence-corrected chi connectivity index (χ0v) is 11.4. The van der Waals surface area contributed by atoms with E-state index in [1.54, 1.807) is 7.11 Å². The van der Waals surface area contributed by atoms with E-state index < -0.39 is 5.97 Å². The maximum atomic E-state index is 10.8. The number of benzene rings is 1. The number of carboxylic acid groups (broad SMARTS) is 1. The van der Waals surface area contributed by atoms with Crippen molar-refractivity contribution >= 4 is 11.7 Å². The normalized spacial score (nSPS) is 16.4. The van der Waals surface area contributed by atoms with Crippen molar-refractivity contribution in [2.45, 2.75) is 6.42 Å². The van der Waals surface area contributed by atoms with Gasteiger partial charge in [0.25, 0.3) is 0 Å². The maximum Gasteiger partial charge on any atom is 0.307 e. The minimum Gasteiger partial charge on any atom is -0.495 e. The zero-order valence-electron chi connectivity index (χ0n) is 11.4. The van der Waals surface area contributed by atoms with Crippen molar-refractivity contribution < 1.29 is 14.6 Å². The largest absolute Gasteiger partial charge is 0.495 e. The average molecular weight is 264 g/mol. The van der Waals surface area contributed by atoms with Gasteiger partial charge in [-0.15, -0.1) is 0 Å². The third-order valence-corrected chi connectivity index (χ3v) is 3.44. The van der Waals surface area contributed by atoms with E-state index in [1.165, 1.54) is 0 Å². The molecule has 0 unspecified atom stereocenters. The molecular weight excluding hydrogens is 244 g/mol. The minimum atomic E-state index is -0.811. The Morgan fingerprint density at radius 2 is 2.00 bits per heavy atom. The summed E-state index contributed by atoms with van der Waals surface area (Å²) in [5, 5.41) is 8.88. The smallest absolute Gasteiger partial charge is 0.307 e. The van der Waals surface area contributed by atoms with E-state index in [2.05, 4.69) is 16.8 Å². The number of piperazine rings is 1. The van der Waals surface area contributed by atoms with Crippen LogP contribution in [0, 0.1) is 0 Å². The highest BCUT2D eigenvalue weighted by Crippen LogP contribution is 2.30. The monoisotopic (exact) mass is 264 g/mol. The third-order valence-electron chi connectivity index (χ3n) is 3.44. The number of carboxylic acids is 1. The summed E-state index contributed by atoms with van der Waals surface area (Å²) in [5.74, 6) is -0.00631. The van der Waals surface area contributed by atoms with E-state index in [0.29, 0.717) is 0 Å². The lowest BCUT2D eigenvalue weighted by molar-refractivity contribution is -0.136. The number of rotatable bonds is 4. The van der Waals surface area contributed by atoms with Gasteiger partial charge in [0.2, 0.25) is 0 Å². The van der Waals surface area contributed by atoms with Gasteiger partial charge in [-0.3, -0.25) is 4.79 Å². The summed E-state index contributed by atoms with van der Waals surface area (Å²) in [5.41, 5.74) is 1.80. The molecule has 0 amide bonds. The molecule has 0 radical (unpaired) electrons. The molecule has 104 valence electrons. The summed E-state index contributed by atoms with van der Waals surface area (Å²) in [6.45, 7) is 3.88. The summed E-state index contributed by atoms with van der Waals surface area (Å²) in [4.78, 5) is 15.3. The number of nitrogens with zero attached hydrogens (tertiary/aromatic N) is 2. The number of hydrogen-bond donors (Lipinski definition) is 1. The van der Waals surface area contributed by atoms with Crippen LogP contribution in [0.3, 0.4) is 0 Å². The second-order valence-electron chi connectivity index (χ2n) is 4.87. The highest BCUT2D eigenvalue weighted by atomic mass is 16.5. The quantitative estimate of drug-likeness (QED) is 0.881. The van der Waals surface area contributed by atoms with Crippen LogP contribution in [0.15, 0.2) is 18.2 Å². The van der Waals surface area contributed by atoms with Crippen LogP contribution in [-0.4, -0.2) is 56.3 Å². The molecular formula is C14H20N2O3. The molecule has 0 saturated carbocycles. The summed E-state index contributed by atoms with van der Waals surface area (Å²) in [6, 6.07) is 5.59. The Labute approximate surface area is 113 Å². The van der Waals surface area contributed by atoms with E-state index in [-0.39, 0.29) is 6.42 Å². The van der Waals surface area contributed by atoms with Crippen molar-refractivity contribution in [3.05, 3.63) is 23.8 Å². The van der Waals surface area contributed by atoms with Crippen LogP contribution in [0.4, 0.5) is 5.69 Å². The number of anilines is 1. The predicted molar refractivity (Wildman–Crippen MR) is 74.0 cm³/mol. The fourth-order valence-electron chi connectivity index (χ4n) is 2.31. The molecule has 1 fully saturated rings. The lowest BCUT2D eigenvalue weighted by atomic mass is 10.1. The number of aliphatic carboxylic acids is 1. The highest BCUT2D eigenvalue weighted by molar-refractivity contribution is 5.72. The van der Waals surface area contributed by atoms with Crippen molar-refractivity contribution in [3.63, 3.8) is 0 Å².